The second-order valence-corrected chi connectivity index (χ2v) is 12.9. The van der Waals surface area contributed by atoms with E-state index in [1.165, 1.54) is 0 Å². The molecule has 0 atom stereocenters. The Hall–Kier alpha value is -4.24. The molecule has 0 unspecified atom stereocenters. The van der Waals surface area contributed by atoms with Crippen molar-refractivity contribution in [3.63, 3.8) is 0 Å². The molecule has 9 nitrogen and oxygen atoms in total. The van der Waals surface area contributed by atoms with Crippen molar-refractivity contribution in [1.82, 2.24) is 10.2 Å². The van der Waals surface area contributed by atoms with Gasteiger partial charge in [0.1, 0.15) is 17.6 Å². The number of rotatable bonds is 11. The maximum absolute atomic E-state index is 12.9. The predicted octanol–water partition coefficient (Wildman–Crippen LogP) is 8.08. The number of urea groups is 1. The van der Waals surface area contributed by atoms with E-state index in [4.69, 9.17) is 14.2 Å². The summed E-state index contributed by atoms with van der Waals surface area (Å²) in [6, 6.07) is 19.4. The van der Waals surface area contributed by atoms with Gasteiger partial charge in [-0.15, -0.1) is 0 Å². The number of anilines is 2. The summed E-state index contributed by atoms with van der Waals surface area (Å²) >= 11 is 0. The number of nitrogens with zero attached hydrogens (tertiary/aromatic N) is 1. The first-order valence-electron chi connectivity index (χ1n) is 15.7. The summed E-state index contributed by atoms with van der Waals surface area (Å²) in [4.78, 5) is 27.7. The first kappa shape index (κ1) is 33.6. The van der Waals surface area contributed by atoms with Crippen LogP contribution in [0.4, 0.5) is 16.2 Å². The first-order valence-corrected chi connectivity index (χ1v) is 15.7. The molecule has 3 N–H and O–H groups in total. The number of hydrogen-bond donors (Lipinski definition) is 3. The molecule has 3 aromatic carbocycles. The molecule has 0 aliphatic carbocycles. The smallest absolute Gasteiger partial charge is 0.319 e. The van der Waals surface area contributed by atoms with Crippen LogP contribution < -0.4 is 30.2 Å². The van der Waals surface area contributed by atoms with Crippen LogP contribution in [0.2, 0.25) is 0 Å². The number of piperidine rings is 1. The van der Waals surface area contributed by atoms with E-state index in [9.17, 15) is 9.59 Å². The summed E-state index contributed by atoms with van der Waals surface area (Å²) in [5.74, 6) is 2.09. The number of carbonyl (C=O) groups excluding carboxylic acids is 2. The van der Waals surface area contributed by atoms with Crippen LogP contribution in [0.1, 0.15) is 77.6 Å². The lowest BCUT2D eigenvalue weighted by Crippen LogP contribution is -2.60. The van der Waals surface area contributed by atoms with E-state index in [-0.39, 0.29) is 35.2 Å². The van der Waals surface area contributed by atoms with E-state index in [0.717, 1.165) is 31.4 Å². The highest BCUT2D eigenvalue weighted by Gasteiger charge is 2.43. The van der Waals surface area contributed by atoms with Crippen molar-refractivity contribution in [1.29, 1.82) is 0 Å². The van der Waals surface area contributed by atoms with Gasteiger partial charge in [-0.3, -0.25) is 9.69 Å². The Morgan fingerprint density at radius 3 is 1.98 bits per heavy atom. The molecule has 0 spiro atoms. The normalized spacial score (nSPS) is 16.1. The van der Waals surface area contributed by atoms with Crippen LogP contribution in [0.15, 0.2) is 66.7 Å². The molecule has 4 rings (SSSR count). The summed E-state index contributed by atoms with van der Waals surface area (Å²) in [6.07, 6.45) is 3.69. The van der Waals surface area contributed by atoms with Crippen LogP contribution in [0, 0.1) is 0 Å². The molecule has 0 bridgehead atoms. The van der Waals surface area contributed by atoms with E-state index >= 15 is 0 Å². The number of ether oxygens (including phenoxy) is 3. The molecule has 3 aromatic rings. The van der Waals surface area contributed by atoms with Crippen molar-refractivity contribution in [2.45, 2.75) is 90.4 Å². The van der Waals surface area contributed by atoms with Gasteiger partial charge in [-0.25, -0.2) is 4.79 Å². The molecule has 1 aliphatic rings. The predicted molar refractivity (Wildman–Crippen MR) is 180 cm³/mol. The van der Waals surface area contributed by atoms with Crippen LogP contribution in [-0.2, 0) is 0 Å². The molecular weight excluding hydrogens is 568 g/mol. The minimum Gasteiger partial charge on any atom is -0.493 e. The van der Waals surface area contributed by atoms with Crippen molar-refractivity contribution >= 4 is 23.3 Å². The lowest BCUT2D eigenvalue weighted by molar-refractivity contribution is -0.0556. The van der Waals surface area contributed by atoms with Crippen molar-refractivity contribution in [2.75, 3.05) is 24.8 Å². The third kappa shape index (κ3) is 8.69. The fraction of sp³-hybridized carbons (Fsp3) is 0.444. The van der Waals surface area contributed by atoms with Crippen LogP contribution >= 0.6 is 0 Å². The molecule has 3 amide bonds. The highest BCUT2D eigenvalue weighted by atomic mass is 16.5. The van der Waals surface area contributed by atoms with Gasteiger partial charge in [-0.1, -0.05) is 13.8 Å². The largest absolute Gasteiger partial charge is 0.493 e. The molecule has 9 heteroatoms. The quantitative estimate of drug-likeness (QED) is 0.201. The minimum absolute atomic E-state index is 0.0345. The number of methoxy groups -OCH3 is 1. The highest BCUT2D eigenvalue weighted by molar-refractivity contribution is 6.04. The van der Waals surface area contributed by atoms with E-state index < -0.39 is 0 Å². The zero-order valence-corrected chi connectivity index (χ0v) is 27.8. The first-order chi connectivity index (χ1) is 21.3. The van der Waals surface area contributed by atoms with Gasteiger partial charge in [0.2, 0.25) is 0 Å². The molecule has 1 saturated heterocycles. The summed E-state index contributed by atoms with van der Waals surface area (Å²) in [6.45, 7) is 13.1. The zero-order valence-electron chi connectivity index (χ0n) is 27.8. The second-order valence-electron chi connectivity index (χ2n) is 12.9. The Balaban J connectivity index is 1.32. The molecule has 1 heterocycles. The fourth-order valence-electron chi connectivity index (χ4n) is 5.85. The number of carbonyl (C=O) groups is 2. The summed E-state index contributed by atoms with van der Waals surface area (Å²) < 4.78 is 17.9. The molecule has 0 aromatic heterocycles. The third-order valence-corrected chi connectivity index (χ3v) is 8.77. The van der Waals surface area contributed by atoms with Gasteiger partial charge >= 0.3 is 6.03 Å². The molecule has 1 fully saturated rings. The number of benzene rings is 3. The van der Waals surface area contributed by atoms with Crippen LogP contribution in [0.3, 0.4) is 0 Å². The van der Waals surface area contributed by atoms with E-state index in [1.807, 2.05) is 26.0 Å². The highest BCUT2D eigenvalue weighted by Crippen LogP contribution is 2.38. The molecular formula is C36H48N4O5. The maximum atomic E-state index is 12.9. The third-order valence-electron chi connectivity index (χ3n) is 8.77. The number of nitrogens with one attached hydrogen (secondary N) is 3. The Morgan fingerprint density at radius 1 is 0.822 bits per heavy atom. The van der Waals surface area contributed by atoms with Gasteiger partial charge in [0.25, 0.3) is 5.91 Å². The van der Waals surface area contributed by atoms with E-state index in [1.54, 1.807) is 61.7 Å². The van der Waals surface area contributed by atoms with Crippen molar-refractivity contribution in [2.24, 2.45) is 0 Å². The summed E-state index contributed by atoms with van der Waals surface area (Å²) in [5.41, 5.74) is 1.84. The van der Waals surface area contributed by atoms with Gasteiger partial charge in [-0.05, 0) is 108 Å². The number of likely N-dealkylation sites (tertiary alicyclic amines) is 1. The van der Waals surface area contributed by atoms with Crippen LogP contribution in [-0.4, -0.2) is 54.2 Å². The lowest BCUT2D eigenvalue weighted by Gasteiger charge is -2.53. The Labute approximate surface area is 267 Å². The molecule has 1 aliphatic heterocycles. The Kier molecular flexibility index (Phi) is 10.7. The van der Waals surface area contributed by atoms with Crippen molar-refractivity contribution in [3.8, 4) is 23.0 Å². The van der Waals surface area contributed by atoms with Gasteiger partial charge in [-0.2, -0.15) is 0 Å². The van der Waals surface area contributed by atoms with Crippen molar-refractivity contribution in [3.05, 3.63) is 72.3 Å². The van der Waals surface area contributed by atoms with Gasteiger partial charge in [0.15, 0.2) is 11.5 Å². The van der Waals surface area contributed by atoms with Gasteiger partial charge in [0.05, 0.1) is 7.11 Å². The Morgan fingerprint density at radius 2 is 1.40 bits per heavy atom. The van der Waals surface area contributed by atoms with Crippen molar-refractivity contribution < 1.29 is 23.8 Å². The van der Waals surface area contributed by atoms with Gasteiger partial charge < -0.3 is 30.2 Å². The van der Waals surface area contributed by atoms with Crippen LogP contribution in [0.5, 0.6) is 23.0 Å². The van der Waals surface area contributed by atoms with E-state index in [0.29, 0.717) is 34.2 Å². The fourth-order valence-corrected chi connectivity index (χ4v) is 5.85. The topological polar surface area (TPSA) is 101 Å². The monoisotopic (exact) mass is 616 g/mol. The minimum atomic E-state index is -0.262. The molecule has 0 saturated carbocycles. The number of hydrogen-bond acceptors (Lipinski definition) is 6. The number of amides is 3. The average molecular weight is 617 g/mol. The molecule has 45 heavy (non-hydrogen) atoms. The maximum Gasteiger partial charge on any atom is 0.319 e. The van der Waals surface area contributed by atoms with Gasteiger partial charge in [0, 0.05) is 53.0 Å². The standard InChI is InChI=1S/C36H48N4O5/c1-9-25(10-2)38-34(42)39-27-15-20-31(32(21-27)43-8)45-29-18-13-26(14-19-29)37-33(41)24-11-16-28(17-12-24)44-30-22-35(3,4)40(7)36(5,6)23-30/h11-21,25,30H,9-10,22-23H2,1-8H3,(H,37,41)(H2,38,39,42). The molecule has 242 valence electrons. The molecule has 0 radical (unpaired) electrons. The summed E-state index contributed by atoms with van der Waals surface area (Å²) in [7, 11) is 3.72. The average Bonchev–Trinajstić information content (AvgIpc) is 3.00. The van der Waals surface area contributed by atoms with Crippen LogP contribution in [0.25, 0.3) is 0 Å². The summed E-state index contributed by atoms with van der Waals surface area (Å²) in [5, 5.41) is 8.73. The second kappa shape index (κ2) is 14.2. The Bertz CT molecular complexity index is 1430. The SMILES string of the molecule is CCC(CC)NC(=O)Nc1ccc(Oc2ccc(NC(=O)c3ccc(OC4CC(C)(C)N(C)C(C)(C)C4)cc3)cc2)c(OC)c1. The lowest BCUT2D eigenvalue weighted by atomic mass is 9.79. The zero-order chi connectivity index (χ0) is 32.8. The van der Waals surface area contributed by atoms with E-state index in [2.05, 4.69) is 55.6 Å².